The van der Waals surface area contributed by atoms with Crippen LogP contribution in [0.3, 0.4) is 0 Å². The van der Waals surface area contributed by atoms with Crippen LogP contribution < -0.4 is 9.92 Å². The third-order valence-corrected chi connectivity index (χ3v) is 6.92. The zero-order valence-electron chi connectivity index (χ0n) is 13.9. The maximum atomic E-state index is 6.25. The zero-order valence-corrected chi connectivity index (χ0v) is 14.9. The van der Waals surface area contributed by atoms with Crippen LogP contribution in [0.4, 0.5) is 0 Å². The van der Waals surface area contributed by atoms with Crippen molar-refractivity contribution in [2.24, 2.45) is 0 Å². The summed E-state index contributed by atoms with van der Waals surface area (Å²) in [5.41, 5.74) is 1.35. The molecule has 2 nitrogen and oxygen atoms in total. The van der Waals surface area contributed by atoms with Crippen LogP contribution >= 0.6 is 0 Å². The molecule has 1 saturated carbocycles. The van der Waals surface area contributed by atoms with Gasteiger partial charge >= 0.3 is 0 Å². The van der Waals surface area contributed by atoms with Crippen LogP contribution in [0.15, 0.2) is 18.2 Å². The fourth-order valence-corrected chi connectivity index (χ4v) is 5.31. The van der Waals surface area contributed by atoms with E-state index in [1.807, 2.05) is 0 Å². The molecule has 1 aliphatic heterocycles. The first-order chi connectivity index (χ1) is 9.97. The molecule has 1 aromatic rings. The fraction of sp³-hybridized carbons (Fsp3) is 0.611. The van der Waals surface area contributed by atoms with Crippen LogP contribution in [0.1, 0.15) is 44.6 Å². The Morgan fingerprint density at radius 1 is 1.10 bits per heavy atom. The minimum Gasteiger partial charge on any atom is -0.433 e. The van der Waals surface area contributed by atoms with E-state index in [4.69, 9.17) is 4.74 Å². The lowest BCUT2D eigenvalue weighted by atomic mass is 9.94. The summed E-state index contributed by atoms with van der Waals surface area (Å²) in [6, 6.07) is 7.25. The second kappa shape index (κ2) is 5.60. The lowest BCUT2D eigenvalue weighted by molar-refractivity contribution is -0.631. The highest BCUT2D eigenvalue weighted by Gasteiger charge is 2.34. The molecule has 0 bridgehead atoms. The van der Waals surface area contributed by atoms with Gasteiger partial charge in [0.1, 0.15) is 5.75 Å². The van der Waals surface area contributed by atoms with Crippen LogP contribution in [-0.2, 0) is 0 Å². The maximum absolute atomic E-state index is 6.25. The summed E-state index contributed by atoms with van der Waals surface area (Å²) >= 11 is 0. The van der Waals surface area contributed by atoms with Crippen molar-refractivity contribution in [1.82, 2.24) is 0 Å². The Kier molecular flexibility index (Phi) is 3.95. The van der Waals surface area contributed by atoms with E-state index in [0.29, 0.717) is 6.04 Å². The van der Waals surface area contributed by atoms with Crippen LogP contribution in [-0.4, -0.2) is 31.1 Å². The smallest absolute Gasteiger partial charge is 0.294 e. The quantitative estimate of drug-likeness (QED) is 0.599. The van der Waals surface area contributed by atoms with E-state index < -0.39 is 8.07 Å². The second-order valence-corrected chi connectivity index (χ2v) is 12.6. The Hall–Kier alpha value is -1.09. The molecule has 1 heterocycles. The van der Waals surface area contributed by atoms with Gasteiger partial charge in [0.2, 0.25) is 0 Å². The molecule has 3 heteroatoms. The van der Waals surface area contributed by atoms with Gasteiger partial charge < -0.3 is 4.74 Å². The Labute approximate surface area is 129 Å². The number of nitrogens with zero attached hydrogens (tertiary/aromatic N) is 1. The van der Waals surface area contributed by atoms with E-state index in [1.54, 1.807) is 0 Å². The molecule has 0 N–H and O–H groups in total. The summed E-state index contributed by atoms with van der Waals surface area (Å²) < 4.78 is 8.74. The van der Waals surface area contributed by atoms with Crippen molar-refractivity contribution >= 4 is 19.5 Å². The molecule has 1 unspecified atom stereocenters. The molecule has 0 saturated heterocycles. The van der Waals surface area contributed by atoms with Crippen molar-refractivity contribution in [3.05, 3.63) is 23.8 Å². The van der Waals surface area contributed by atoms with E-state index in [9.17, 15) is 0 Å². The molecule has 1 atom stereocenters. The van der Waals surface area contributed by atoms with Crippen LogP contribution in [0.2, 0.25) is 19.6 Å². The largest absolute Gasteiger partial charge is 0.433 e. The molecule has 1 fully saturated rings. The maximum Gasteiger partial charge on any atom is 0.294 e. The summed E-state index contributed by atoms with van der Waals surface area (Å²) in [6.45, 7) is 9.44. The van der Waals surface area contributed by atoms with Gasteiger partial charge in [-0.2, -0.15) is 4.58 Å². The van der Waals surface area contributed by atoms with Crippen LogP contribution in [0, 0.1) is 0 Å². The first kappa shape index (κ1) is 14.8. The molecule has 21 heavy (non-hydrogen) atoms. The molecule has 3 rings (SSSR count). The molecule has 0 amide bonds. The SMILES string of the molecule is CC1Oc2cccc([Si](C)(C)C)c2C=[N+]1C1CCCCC1. The Balaban J connectivity index is 2.03. The molecule has 1 aliphatic carbocycles. The molecule has 0 radical (unpaired) electrons. The summed E-state index contributed by atoms with van der Waals surface area (Å²) in [6.07, 6.45) is 9.33. The van der Waals surface area contributed by atoms with Crippen molar-refractivity contribution < 1.29 is 9.31 Å². The normalized spacial score (nSPS) is 23.2. The summed E-state index contributed by atoms with van der Waals surface area (Å²) in [7, 11) is -1.35. The average molecular weight is 303 g/mol. The third-order valence-electron chi connectivity index (χ3n) is 4.87. The van der Waals surface area contributed by atoms with Gasteiger partial charge in [-0.25, -0.2) is 0 Å². The fourth-order valence-electron chi connectivity index (χ4n) is 3.71. The lowest BCUT2D eigenvalue weighted by Gasteiger charge is -2.29. The molecule has 0 spiro atoms. The zero-order chi connectivity index (χ0) is 15.0. The molecule has 2 aliphatic rings. The van der Waals surface area contributed by atoms with Gasteiger partial charge in [0, 0.05) is 19.8 Å². The molecule has 1 aromatic carbocycles. The van der Waals surface area contributed by atoms with E-state index in [-0.39, 0.29) is 6.23 Å². The molecule has 114 valence electrons. The van der Waals surface area contributed by atoms with Gasteiger partial charge in [-0.05, 0) is 24.1 Å². The van der Waals surface area contributed by atoms with Gasteiger partial charge in [0.25, 0.3) is 6.23 Å². The Morgan fingerprint density at radius 3 is 2.48 bits per heavy atom. The molecular weight excluding hydrogens is 274 g/mol. The average Bonchev–Trinajstić information content (AvgIpc) is 2.45. The first-order valence-corrected chi connectivity index (χ1v) is 11.9. The Morgan fingerprint density at radius 2 is 1.81 bits per heavy atom. The van der Waals surface area contributed by atoms with E-state index in [1.165, 1.54) is 42.9 Å². The van der Waals surface area contributed by atoms with E-state index >= 15 is 0 Å². The Bertz CT molecular complexity index is 553. The van der Waals surface area contributed by atoms with Crippen molar-refractivity contribution in [1.29, 1.82) is 0 Å². The number of benzene rings is 1. The van der Waals surface area contributed by atoms with Crippen LogP contribution in [0.25, 0.3) is 0 Å². The first-order valence-electron chi connectivity index (χ1n) is 8.39. The topological polar surface area (TPSA) is 12.2 Å². The summed E-state index contributed by atoms with van der Waals surface area (Å²) in [4.78, 5) is 0. The molecular formula is C18H28NOSi+. The summed E-state index contributed by atoms with van der Waals surface area (Å²) in [5, 5.41) is 1.52. The lowest BCUT2D eigenvalue weighted by Crippen LogP contribution is -2.46. The van der Waals surface area contributed by atoms with E-state index in [2.05, 4.69) is 55.6 Å². The highest BCUT2D eigenvalue weighted by molar-refractivity contribution is 6.89. The predicted molar refractivity (Wildman–Crippen MR) is 91.8 cm³/mol. The number of ether oxygens (including phenoxy) is 1. The number of rotatable bonds is 2. The van der Waals surface area contributed by atoms with E-state index in [0.717, 1.165) is 5.75 Å². The minimum absolute atomic E-state index is 0.164. The van der Waals surface area contributed by atoms with Gasteiger partial charge in [0.15, 0.2) is 12.3 Å². The van der Waals surface area contributed by atoms with Gasteiger partial charge in [-0.3, -0.25) is 0 Å². The van der Waals surface area contributed by atoms with Crippen molar-refractivity contribution in [2.75, 3.05) is 0 Å². The van der Waals surface area contributed by atoms with Crippen molar-refractivity contribution in [3.63, 3.8) is 0 Å². The third kappa shape index (κ3) is 2.94. The highest BCUT2D eigenvalue weighted by Crippen LogP contribution is 2.27. The standard InChI is InChI=1S/C18H28NOSi/c1-14-19(15-9-6-5-7-10-15)13-16-17(20-14)11-8-12-18(16)21(2,3)4/h8,11-15H,5-7,9-10H2,1-4H3/q+1. The van der Waals surface area contributed by atoms with Gasteiger partial charge in [0.05, 0.1) is 13.6 Å². The van der Waals surface area contributed by atoms with Crippen LogP contribution in [0.5, 0.6) is 5.75 Å². The van der Waals surface area contributed by atoms with Gasteiger partial charge in [-0.1, -0.05) is 38.2 Å². The number of hydrogen-bond acceptors (Lipinski definition) is 1. The van der Waals surface area contributed by atoms with Gasteiger partial charge in [-0.15, -0.1) is 0 Å². The second-order valence-electron chi connectivity index (χ2n) is 7.55. The monoisotopic (exact) mass is 302 g/mol. The molecule has 0 aromatic heterocycles. The minimum atomic E-state index is -1.35. The highest BCUT2D eigenvalue weighted by atomic mass is 28.3. The van der Waals surface area contributed by atoms with Crippen molar-refractivity contribution in [3.8, 4) is 5.75 Å². The summed E-state index contributed by atoms with van der Waals surface area (Å²) in [5.74, 6) is 1.08. The number of fused-ring (bicyclic) bond motifs is 1. The number of hydrogen-bond donors (Lipinski definition) is 0. The van der Waals surface area contributed by atoms with Crippen molar-refractivity contribution in [2.45, 2.75) is 70.9 Å². The predicted octanol–water partition coefficient (Wildman–Crippen LogP) is 3.73.